The smallest absolute Gasteiger partial charge is 0.416 e. The number of ether oxygens (including phenoxy) is 3. The summed E-state index contributed by atoms with van der Waals surface area (Å²) in [5, 5.41) is 9.01. The molecule has 0 saturated carbocycles. The van der Waals surface area contributed by atoms with E-state index in [1.807, 2.05) is 32.9 Å². The van der Waals surface area contributed by atoms with Crippen LogP contribution in [-0.4, -0.2) is 53.8 Å². The number of fused-ring (bicyclic) bond motifs is 1. The minimum Gasteiger partial charge on any atom is -0.467 e. The average Bonchev–Trinajstić information content (AvgIpc) is 2.85. The van der Waals surface area contributed by atoms with E-state index in [0.29, 0.717) is 29.9 Å². The topological polar surface area (TPSA) is 73.8 Å². The predicted molar refractivity (Wildman–Crippen MR) is 137 cm³/mol. The normalized spacial score (nSPS) is 19.7. The molecule has 2 heterocycles. The van der Waals surface area contributed by atoms with Crippen molar-refractivity contribution in [3.8, 4) is 17.0 Å². The minimum atomic E-state index is -4.51. The second-order valence-electron chi connectivity index (χ2n) is 10.9. The first-order valence-corrected chi connectivity index (χ1v) is 12.7. The number of methoxy groups -OCH3 is 1. The van der Waals surface area contributed by atoms with Crippen LogP contribution in [0.1, 0.15) is 68.3 Å². The van der Waals surface area contributed by atoms with Gasteiger partial charge in [0.15, 0.2) is 6.79 Å². The number of amides is 1. The molecule has 1 aromatic heterocycles. The van der Waals surface area contributed by atoms with E-state index in [2.05, 4.69) is 16.3 Å². The van der Waals surface area contributed by atoms with E-state index in [0.717, 1.165) is 42.7 Å². The number of hydrogen-bond donors (Lipinski definition) is 0. The van der Waals surface area contributed by atoms with Crippen LogP contribution in [0.25, 0.3) is 17.3 Å². The van der Waals surface area contributed by atoms with Crippen molar-refractivity contribution in [1.29, 1.82) is 0 Å². The Morgan fingerprint density at radius 3 is 2.61 bits per heavy atom. The van der Waals surface area contributed by atoms with E-state index in [1.54, 1.807) is 11.8 Å². The Morgan fingerprint density at radius 1 is 1.16 bits per heavy atom. The number of likely N-dealkylation sites (tertiary alicyclic amines) is 1. The largest absolute Gasteiger partial charge is 0.467 e. The summed E-state index contributed by atoms with van der Waals surface area (Å²) in [5.74, 6) is 0.290. The maximum atomic E-state index is 13.5. The Hall–Kier alpha value is -3.14. The van der Waals surface area contributed by atoms with Crippen LogP contribution in [0.2, 0.25) is 0 Å². The number of hydrogen-bond acceptors (Lipinski definition) is 6. The fourth-order valence-corrected chi connectivity index (χ4v) is 5.14. The molecule has 7 nitrogen and oxygen atoms in total. The highest BCUT2D eigenvalue weighted by Gasteiger charge is 2.35. The molecular weight excluding hydrogens is 499 g/mol. The molecule has 0 bridgehead atoms. The second-order valence-corrected chi connectivity index (χ2v) is 10.9. The van der Waals surface area contributed by atoms with Gasteiger partial charge in [-0.2, -0.15) is 23.4 Å². The predicted octanol–water partition coefficient (Wildman–Crippen LogP) is 6.60. The van der Waals surface area contributed by atoms with Gasteiger partial charge in [-0.3, -0.25) is 0 Å². The summed E-state index contributed by atoms with van der Waals surface area (Å²) in [4.78, 5) is 14.5. The molecule has 0 spiro atoms. The zero-order valence-electron chi connectivity index (χ0n) is 22.4. The fraction of sp³-hybridized carbons (Fsp3) is 0.536. The zero-order valence-corrected chi connectivity index (χ0v) is 22.4. The molecule has 0 radical (unpaired) electrons. The molecule has 2 unspecified atom stereocenters. The molecule has 1 fully saturated rings. The number of allylic oxidation sites excluding steroid dienone is 1. The van der Waals surface area contributed by atoms with Gasteiger partial charge in [0, 0.05) is 37.2 Å². The summed E-state index contributed by atoms with van der Waals surface area (Å²) in [6.07, 6.45) is 1.81. The molecule has 1 saturated heterocycles. The lowest BCUT2D eigenvalue weighted by molar-refractivity contribution is -0.137. The Kier molecular flexibility index (Phi) is 8.01. The lowest BCUT2D eigenvalue weighted by atomic mass is 9.78. The summed E-state index contributed by atoms with van der Waals surface area (Å²) in [6, 6.07) is 3.89. The van der Waals surface area contributed by atoms with Crippen molar-refractivity contribution in [1.82, 2.24) is 15.1 Å². The van der Waals surface area contributed by atoms with Crippen molar-refractivity contribution in [3.63, 3.8) is 0 Å². The number of piperidine rings is 1. The summed E-state index contributed by atoms with van der Waals surface area (Å²) in [6.45, 7) is 8.18. The van der Waals surface area contributed by atoms with Crippen LogP contribution in [0.4, 0.5) is 18.0 Å². The standard InChI is InChI=1S/C28H34F3N3O4/c1-17-12-20(28(29,30)31)14-23(37-16-36-5)24(17)22-13-18-8-6-10-21(25(18)33-32-22)19-9-7-11-34(15-19)26(35)38-27(2,3)4/h6,8,12-14,19,21H,7,9-11,15-16H2,1-5H3. The molecule has 10 heteroatoms. The number of aromatic nitrogens is 2. The third kappa shape index (κ3) is 6.28. The second kappa shape index (κ2) is 10.9. The van der Waals surface area contributed by atoms with Crippen molar-refractivity contribution in [2.45, 2.75) is 64.7 Å². The molecule has 2 aliphatic rings. The summed E-state index contributed by atoms with van der Waals surface area (Å²) < 4.78 is 56.4. The molecule has 1 aliphatic carbocycles. The van der Waals surface area contributed by atoms with Gasteiger partial charge in [-0.25, -0.2) is 4.79 Å². The van der Waals surface area contributed by atoms with Crippen molar-refractivity contribution in [3.05, 3.63) is 46.7 Å². The number of halogens is 3. The van der Waals surface area contributed by atoms with Gasteiger partial charge >= 0.3 is 12.3 Å². The zero-order chi connectivity index (χ0) is 27.7. The number of carbonyl (C=O) groups is 1. The third-order valence-electron chi connectivity index (χ3n) is 6.79. The summed E-state index contributed by atoms with van der Waals surface area (Å²) in [7, 11) is 1.40. The number of aryl methyl sites for hydroxylation is 1. The van der Waals surface area contributed by atoms with Crippen LogP contribution in [0.5, 0.6) is 5.75 Å². The molecule has 2 aromatic rings. The molecule has 38 heavy (non-hydrogen) atoms. The fourth-order valence-electron chi connectivity index (χ4n) is 5.14. The molecule has 206 valence electrons. The van der Waals surface area contributed by atoms with Gasteiger partial charge < -0.3 is 19.1 Å². The van der Waals surface area contributed by atoms with E-state index in [1.165, 1.54) is 7.11 Å². The summed E-state index contributed by atoms with van der Waals surface area (Å²) >= 11 is 0. The number of rotatable bonds is 5. The van der Waals surface area contributed by atoms with Crippen molar-refractivity contribution in [2.75, 3.05) is 27.0 Å². The van der Waals surface area contributed by atoms with E-state index < -0.39 is 17.3 Å². The van der Waals surface area contributed by atoms with Crippen molar-refractivity contribution >= 4 is 12.2 Å². The van der Waals surface area contributed by atoms with Gasteiger partial charge in [0.25, 0.3) is 0 Å². The highest BCUT2D eigenvalue weighted by molar-refractivity contribution is 5.74. The first-order chi connectivity index (χ1) is 17.9. The van der Waals surface area contributed by atoms with E-state index >= 15 is 0 Å². The SMILES string of the molecule is COCOc1cc(C(F)(F)F)cc(C)c1-c1cc2c(nn1)C(C1CCCN(C(=O)OC(C)(C)C)C1)CC=C2. The lowest BCUT2D eigenvalue weighted by Gasteiger charge is -2.38. The van der Waals surface area contributed by atoms with Crippen LogP contribution >= 0.6 is 0 Å². The van der Waals surface area contributed by atoms with Gasteiger partial charge in [0.1, 0.15) is 11.4 Å². The maximum Gasteiger partial charge on any atom is 0.416 e. The van der Waals surface area contributed by atoms with Crippen LogP contribution in [0.3, 0.4) is 0 Å². The van der Waals surface area contributed by atoms with E-state index in [9.17, 15) is 18.0 Å². The molecule has 1 amide bonds. The van der Waals surface area contributed by atoms with Gasteiger partial charge in [-0.1, -0.05) is 12.2 Å². The Labute approximate surface area is 221 Å². The highest BCUT2D eigenvalue weighted by Crippen LogP contribution is 2.42. The highest BCUT2D eigenvalue weighted by atomic mass is 19.4. The van der Waals surface area contributed by atoms with Crippen molar-refractivity contribution in [2.24, 2.45) is 5.92 Å². The van der Waals surface area contributed by atoms with Crippen LogP contribution < -0.4 is 4.74 Å². The monoisotopic (exact) mass is 533 g/mol. The minimum absolute atomic E-state index is 0.0325. The van der Waals surface area contributed by atoms with Crippen LogP contribution in [0, 0.1) is 12.8 Å². The molecule has 1 aliphatic heterocycles. The lowest BCUT2D eigenvalue weighted by Crippen LogP contribution is -2.44. The average molecular weight is 534 g/mol. The maximum absolute atomic E-state index is 13.5. The van der Waals surface area contributed by atoms with Gasteiger partial charge in [0.05, 0.1) is 17.0 Å². The Bertz CT molecular complexity index is 1210. The van der Waals surface area contributed by atoms with Crippen LogP contribution in [-0.2, 0) is 15.7 Å². The van der Waals surface area contributed by atoms with E-state index in [4.69, 9.17) is 14.2 Å². The number of nitrogens with zero attached hydrogens (tertiary/aromatic N) is 3. The van der Waals surface area contributed by atoms with Gasteiger partial charge in [-0.15, -0.1) is 0 Å². The van der Waals surface area contributed by atoms with Gasteiger partial charge in [-0.05, 0) is 76.6 Å². The van der Waals surface area contributed by atoms with Crippen molar-refractivity contribution < 1.29 is 32.2 Å². The number of alkyl halides is 3. The molecular formula is C28H34F3N3O4. The van der Waals surface area contributed by atoms with E-state index in [-0.39, 0.29) is 30.5 Å². The quantitative estimate of drug-likeness (QED) is 0.403. The number of carbonyl (C=O) groups excluding carboxylic acids is 1. The first kappa shape index (κ1) is 27.9. The number of benzene rings is 1. The molecule has 4 rings (SSSR count). The van der Waals surface area contributed by atoms with Gasteiger partial charge in [0.2, 0.25) is 0 Å². The van der Waals surface area contributed by atoms with Crippen LogP contribution in [0.15, 0.2) is 24.3 Å². The third-order valence-corrected chi connectivity index (χ3v) is 6.79. The molecule has 2 atom stereocenters. The molecule has 1 aromatic carbocycles. The Balaban J connectivity index is 1.63. The summed E-state index contributed by atoms with van der Waals surface area (Å²) in [5.41, 5.74) is 1.56. The molecule has 0 N–H and O–H groups in total. The Morgan fingerprint density at radius 2 is 1.92 bits per heavy atom. The first-order valence-electron chi connectivity index (χ1n) is 12.7.